The van der Waals surface area contributed by atoms with Gasteiger partial charge in [-0.25, -0.2) is 0 Å². The van der Waals surface area contributed by atoms with Gasteiger partial charge in [-0.05, 0) is 29.8 Å². The quantitative estimate of drug-likeness (QED) is 0.884. The van der Waals surface area contributed by atoms with Gasteiger partial charge in [0.1, 0.15) is 5.75 Å². The molecular weight excluding hydrogens is 264 g/mol. The second kappa shape index (κ2) is 7.71. The maximum absolute atomic E-state index is 11.8. The number of hydrogen-bond acceptors (Lipinski definition) is 3. The van der Waals surface area contributed by atoms with Crippen LogP contribution in [0, 0.1) is 11.3 Å². The molecule has 0 spiro atoms. The monoisotopic (exact) mass is 280 g/mol. The first-order valence-corrected chi connectivity index (χ1v) is 6.71. The lowest BCUT2D eigenvalue weighted by Gasteiger charge is -2.07. The van der Waals surface area contributed by atoms with E-state index in [0.29, 0.717) is 13.0 Å². The van der Waals surface area contributed by atoms with Crippen LogP contribution < -0.4 is 10.1 Å². The zero-order valence-electron chi connectivity index (χ0n) is 11.6. The molecule has 0 atom stereocenters. The summed E-state index contributed by atoms with van der Waals surface area (Å²) in [7, 11) is 0. The van der Waals surface area contributed by atoms with Crippen molar-refractivity contribution in [2.24, 2.45) is 0 Å². The van der Waals surface area contributed by atoms with Gasteiger partial charge in [0.25, 0.3) is 0 Å². The van der Waals surface area contributed by atoms with E-state index >= 15 is 0 Å². The molecule has 0 heterocycles. The molecule has 1 amide bonds. The van der Waals surface area contributed by atoms with Crippen molar-refractivity contribution < 1.29 is 9.53 Å². The van der Waals surface area contributed by atoms with Crippen molar-refractivity contribution in [1.29, 1.82) is 5.26 Å². The normalized spacial score (nSPS) is 9.67. The van der Waals surface area contributed by atoms with Crippen LogP contribution in [-0.4, -0.2) is 12.5 Å². The number of nitrogens with one attached hydrogen (secondary N) is 1. The summed E-state index contributed by atoms with van der Waals surface area (Å²) >= 11 is 0. The number of hydrogen-bond donors (Lipinski definition) is 1. The number of para-hydroxylation sites is 1. The van der Waals surface area contributed by atoms with E-state index in [1.807, 2.05) is 42.5 Å². The maximum Gasteiger partial charge on any atom is 0.227 e. The van der Waals surface area contributed by atoms with Crippen LogP contribution in [0.25, 0.3) is 0 Å². The first kappa shape index (κ1) is 14.6. The first-order valence-electron chi connectivity index (χ1n) is 6.71. The van der Waals surface area contributed by atoms with Gasteiger partial charge < -0.3 is 10.1 Å². The highest BCUT2D eigenvalue weighted by molar-refractivity contribution is 5.90. The van der Waals surface area contributed by atoms with Crippen LogP contribution in [0.5, 0.6) is 5.75 Å². The highest BCUT2D eigenvalue weighted by Gasteiger charge is 2.03. The third-order valence-corrected chi connectivity index (χ3v) is 2.86. The third kappa shape index (κ3) is 5.00. The largest absolute Gasteiger partial charge is 0.493 e. The molecule has 0 aliphatic carbocycles. The van der Waals surface area contributed by atoms with Gasteiger partial charge in [0.15, 0.2) is 0 Å². The molecule has 21 heavy (non-hydrogen) atoms. The minimum atomic E-state index is -0.0982. The molecule has 4 heteroatoms. The fourth-order valence-corrected chi connectivity index (χ4v) is 1.80. The number of amides is 1. The number of ether oxygens (including phenoxy) is 1. The van der Waals surface area contributed by atoms with Crippen molar-refractivity contribution in [2.75, 3.05) is 11.9 Å². The Labute approximate surface area is 124 Å². The summed E-state index contributed by atoms with van der Waals surface area (Å²) in [5, 5.41) is 11.4. The summed E-state index contributed by atoms with van der Waals surface area (Å²) in [6.45, 7) is 0.336. The van der Waals surface area contributed by atoms with Crippen molar-refractivity contribution in [1.82, 2.24) is 0 Å². The summed E-state index contributed by atoms with van der Waals surface area (Å²) in [5.41, 5.74) is 1.66. The smallest absolute Gasteiger partial charge is 0.227 e. The number of anilines is 1. The standard InChI is InChI=1S/C17H16N2O2/c18-12-10-14-6-8-15(9-7-14)19-17(20)11-13-21-16-4-2-1-3-5-16/h1-9H,10-11,13H2,(H,19,20). The fourth-order valence-electron chi connectivity index (χ4n) is 1.80. The summed E-state index contributed by atoms with van der Waals surface area (Å²) in [6.07, 6.45) is 0.661. The maximum atomic E-state index is 11.8. The number of nitrogens with zero attached hydrogens (tertiary/aromatic N) is 1. The number of nitriles is 1. The highest BCUT2D eigenvalue weighted by Crippen LogP contribution is 2.11. The van der Waals surface area contributed by atoms with Crippen LogP contribution in [0.1, 0.15) is 12.0 Å². The Morgan fingerprint density at radius 1 is 1.10 bits per heavy atom. The Morgan fingerprint density at radius 3 is 2.48 bits per heavy atom. The number of carbonyl (C=O) groups is 1. The molecule has 0 unspecified atom stereocenters. The summed E-state index contributed by atoms with van der Waals surface area (Å²) in [5.74, 6) is 0.658. The molecule has 2 aromatic carbocycles. The van der Waals surface area contributed by atoms with Crippen molar-refractivity contribution in [3.63, 3.8) is 0 Å². The van der Waals surface area contributed by atoms with Gasteiger partial charge in [0, 0.05) is 5.69 Å². The molecule has 0 aliphatic rings. The van der Waals surface area contributed by atoms with E-state index in [9.17, 15) is 4.79 Å². The molecule has 2 aromatic rings. The van der Waals surface area contributed by atoms with Crippen LogP contribution in [0.3, 0.4) is 0 Å². The minimum absolute atomic E-state index is 0.0982. The van der Waals surface area contributed by atoms with E-state index in [-0.39, 0.29) is 12.3 Å². The zero-order chi connectivity index (χ0) is 14.9. The molecule has 0 bridgehead atoms. The Morgan fingerprint density at radius 2 is 1.81 bits per heavy atom. The Hall–Kier alpha value is -2.80. The summed E-state index contributed by atoms with van der Waals surface area (Å²) in [4.78, 5) is 11.8. The van der Waals surface area contributed by atoms with Gasteiger partial charge in [-0.1, -0.05) is 30.3 Å². The molecule has 0 aromatic heterocycles. The first-order chi connectivity index (χ1) is 10.3. The number of rotatable bonds is 6. The van der Waals surface area contributed by atoms with Crippen LogP contribution in [0.4, 0.5) is 5.69 Å². The van der Waals surface area contributed by atoms with Gasteiger partial charge in [-0.3, -0.25) is 4.79 Å². The number of carbonyl (C=O) groups excluding carboxylic acids is 1. The lowest BCUT2D eigenvalue weighted by molar-refractivity contribution is -0.116. The summed E-state index contributed by atoms with van der Waals surface area (Å²) in [6, 6.07) is 18.7. The predicted molar refractivity (Wildman–Crippen MR) is 80.9 cm³/mol. The van der Waals surface area contributed by atoms with Crippen LogP contribution in [-0.2, 0) is 11.2 Å². The molecule has 0 aliphatic heterocycles. The SMILES string of the molecule is N#CCc1ccc(NC(=O)CCOc2ccccc2)cc1. The van der Waals surface area contributed by atoms with Gasteiger partial charge in [0.2, 0.25) is 5.91 Å². The van der Waals surface area contributed by atoms with Crippen molar-refractivity contribution >= 4 is 11.6 Å². The van der Waals surface area contributed by atoms with Crippen molar-refractivity contribution in [2.45, 2.75) is 12.8 Å². The van der Waals surface area contributed by atoms with Gasteiger partial charge in [-0.2, -0.15) is 5.26 Å². The van der Waals surface area contributed by atoms with Gasteiger partial charge in [0.05, 0.1) is 25.5 Å². The van der Waals surface area contributed by atoms with Crippen molar-refractivity contribution in [3.8, 4) is 11.8 Å². The van der Waals surface area contributed by atoms with Crippen LogP contribution >= 0.6 is 0 Å². The second-order valence-corrected chi connectivity index (χ2v) is 4.49. The topological polar surface area (TPSA) is 62.1 Å². The molecular formula is C17H16N2O2. The number of benzene rings is 2. The van der Waals surface area contributed by atoms with E-state index in [0.717, 1.165) is 17.0 Å². The molecule has 1 N–H and O–H groups in total. The average Bonchev–Trinajstić information content (AvgIpc) is 2.51. The Kier molecular flexibility index (Phi) is 5.36. The zero-order valence-corrected chi connectivity index (χ0v) is 11.6. The van der Waals surface area contributed by atoms with E-state index in [2.05, 4.69) is 11.4 Å². The van der Waals surface area contributed by atoms with E-state index in [1.54, 1.807) is 12.1 Å². The Balaban J connectivity index is 1.75. The molecule has 0 saturated carbocycles. The molecule has 4 nitrogen and oxygen atoms in total. The molecule has 0 saturated heterocycles. The van der Waals surface area contributed by atoms with Gasteiger partial charge in [-0.15, -0.1) is 0 Å². The van der Waals surface area contributed by atoms with E-state index < -0.39 is 0 Å². The summed E-state index contributed by atoms with van der Waals surface area (Å²) < 4.78 is 5.47. The Bertz CT molecular complexity index is 615. The lowest BCUT2D eigenvalue weighted by Crippen LogP contribution is -2.15. The molecule has 0 fully saturated rings. The van der Waals surface area contributed by atoms with Gasteiger partial charge >= 0.3 is 0 Å². The van der Waals surface area contributed by atoms with E-state index in [1.165, 1.54) is 0 Å². The average molecular weight is 280 g/mol. The third-order valence-electron chi connectivity index (χ3n) is 2.86. The van der Waals surface area contributed by atoms with Crippen molar-refractivity contribution in [3.05, 3.63) is 60.2 Å². The molecule has 106 valence electrons. The molecule has 2 rings (SSSR count). The molecule has 0 radical (unpaired) electrons. The fraction of sp³-hybridized carbons (Fsp3) is 0.176. The van der Waals surface area contributed by atoms with Crippen LogP contribution in [0.15, 0.2) is 54.6 Å². The predicted octanol–water partition coefficient (Wildman–Crippen LogP) is 3.16. The highest BCUT2D eigenvalue weighted by atomic mass is 16.5. The second-order valence-electron chi connectivity index (χ2n) is 4.49. The lowest BCUT2D eigenvalue weighted by atomic mass is 10.1. The van der Waals surface area contributed by atoms with E-state index in [4.69, 9.17) is 10.00 Å². The van der Waals surface area contributed by atoms with Crippen LogP contribution in [0.2, 0.25) is 0 Å². The minimum Gasteiger partial charge on any atom is -0.493 e.